The second-order valence-corrected chi connectivity index (χ2v) is 9.31. The highest BCUT2D eigenvalue weighted by atomic mass is 16.3. The lowest BCUT2D eigenvalue weighted by atomic mass is 10.0. The van der Waals surface area contributed by atoms with Crippen LogP contribution < -0.4 is 0 Å². The molecule has 0 spiro atoms. The molecule has 0 bridgehead atoms. The summed E-state index contributed by atoms with van der Waals surface area (Å²) in [5.41, 5.74) is 8.45. The molecule has 0 saturated carbocycles. The maximum atomic E-state index is 11.3. The lowest BCUT2D eigenvalue weighted by molar-refractivity contribution is 0.158. The van der Waals surface area contributed by atoms with Crippen molar-refractivity contribution in [3.8, 4) is 33.8 Å². The number of rotatable bonds is 7. The highest BCUT2D eigenvalue weighted by Gasteiger charge is 2.23. The van der Waals surface area contributed by atoms with Gasteiger partial charge in [-0.2, -0.15) is 0 Å². The molecule has 4 aromatic carbocycles. The van der Waals surface area contributed by atoms with E-state index in [9.17, 15) is 5.11 Å². The molecule has 0 amide bonds. The van der Waals surface area contributed by atoms with Crippen molar-refractivity contribution in [1.29, 1.82) is 0 Å². The van der Waals surface area contributed by atoms with Crippen LogP contribution >= 0.6 is 0 Å². The third-order valence-corrected chi connectivity index (χ3v) is 6.97. The number of aliphatic hydroxyl groups excluding tert-OH is 1. The molecule has 2 heterocycles. The van der Waals surface area contributed by atoms with Crippen molar-refractivity contribution in [1.82, 2.24) is 14.0 Å². The van der Waals surface area contributed by atoms with E-state index in [1.807, 2.05) is 54.6 Å². The Balaban J connectivity index is 1.59. The standard InChI is InChI=1S/C33H29N3O/c1-2-24-18-20-25(21-19-24)29-22-36-32(28-16-10-5-11-17-28)31(27-14-8-4-9-15-27)34-33(36)35(29)23-30(37)26-12-6-3-7-13-26/h3-22,30,37H,2,23H2,1H3. The molecular weight excluding hydrogens is 454 g/mol. The first kappa shape index (κ1) is 23.0. The van der Waals surface area contributed by atoms with Crippen molar-refractivity contribution < 1.29 is 5.11 Å². The highest BCUT2D eigenvalue weighted by molar-refractivity contribution is 5.82. The number of nitrogens with zero attached hydrogens (tertiary/aromatic N) is 3. The number of aliphatic hydroxyl groups is 1. The molecule has 0 fully saturated rings. The van der Waals surface area contributed by atoms with Crippen molar-refractivity contribution in [2.24, 2.45) is 0 Å². The molecule has 6 aromatic rings. The quantitative estimate of drug-likeness (QED) is 0.256. The SMILES string of the molecule is CCc1ccc(-c2cn3c(-c4ccccc4)c(-c4ccccc4)nc3n2CC(O)c2ccccc2)cc1. The van der Waals surface area contributed by atoms with Gasteiger partial charge in [0.15, 0.2) is 0 Å². The monoisotopic (exact) mass is 483 g/mol. The molecule has 0 aliphatic heterocycles. The number of imidazole rings is 2. The third-order valence-electron chi connectivity index (χ3n) is 6.97. The van der Waals surface area contributed by atoms with Gasteiger partial charge in [0, 0.05) is 17.3 Å². The maximum Gasteiger partial charge on any atom is 0.215 e. The second-order valence-electron chi connectivity index (χ2n) is 9.31. The normalized spacial score (nSPS) is 12.2. The molecule has 2 aromatic heterocycles. The first-order valence-corrected chi connectivity index (χ1v) is 12.8. The summed E-state index contributed by atoms with van der Waals surface area (Å²) in [5.74, 6) is 0.808. The topological polar surface area (TPSA) is 42.5 Å². The fraction of sp³-hybridized carbons (Fsp3) is 0.121. The van der Waals surface area contributed by atoms with Crippen molar-refractivity contribution in [2.75, 3.05) is 0 Å². The van der Waals surface area contributed by atoms with E-state index in [0.29, 0.717) is 6.54 Å². The molecule has 182 valence electrons. The summed E-state index contributed by atoms with van der Waals surface area (Å²) in [7, 11) is 0. The number of aryl methyl sites for hydroxylation is 1. The van der Waals surface area contributed by atoms with Crippen LogP contribution in [0, 0.1) is 0 Å². The lowest BCUT2D eigenvalue weighted by Gasteiger charge is -2.15. The van der Waals surface area contributed by atoms with Gasteiger partial charge in [0.05, 0.1) is 29.7 Å². The van der Waals surface area contributed by atoms with Crippen LogP contribution in [0.2, 0.25) is 0 Å². The summed E-state index contributed by atoms with van der Waals surface area (Å²) in [6.07, 6.45) is 2.49. The van der Waals surface area contributed by atoms with E-state index in [1.165, 1.54) is 5.56 Å². The van der Waals surface area contributed by atoms with E-state index in [1.54, 1.807) is 0 Å². The van der Waals surface area contributed by atoms with E-state index in [-0.39, 0.29) is 0 Å². The minimum Gasteiger partial charge on any atom is -0.387 e. The summed E-state index contributed by atoms with van der Waals surface area (Å²) in [4.78, 5) is 5.20. The van der Waals surface area contributed by atoms with Crippen LogP contribution in [-0.4, -0.2) is 19.1 Å². The largest absolute Gasteiger partial charge is 0.387 e. The van der Waals surface area contributed by atoms with Gasteiger partial charge in [-0.05, 0) is 23.1 Å². The molecule has 0 radical (unpaired) electrons. The Hall–Kier alpha value is -4.41. The summed E-state index contributed by atoms with van der Waals surface area (Å²) >= 11 is 0. The number of fused-ring (bicyclic) bond motifs is 1. The van der Waals surface area contributed by atoms with Crippen LogP contribution in [0.4, 0.5) is 0 Å². The zero-order chi connectivity index (χ0) is 25.2. The van der Waals surface area contributed by atoms with Crippen molar-refractivity contribution in [3.63, 3.8) is 0 Å². The van der Waals surface area contributed by atoms with Gasteiger partial charge in [0.25, 0.3) is 0 Å². The highest BCUT2D eigenvalue weighted by Crippen LogP contribution is 2.36. The van der Waals surface area contributed by atoms with Crippen LogP contribution in [0.1, 0.15) is 24.2 Å². The Bertz CT molecular complexity index is 1620. The van der Waals surface area contributed by atoms with E-state index in [4.69, 9.17) is 4.98 Å². The Morgan fingerprint density at radius 1 is 0.703 bits per heavy atom. The summed E-state index contributed by atoms with van der Waals surface area (Å²) in [6, 6.07) is 39.2. The minimum absolute atomic E-state index is 0.394. The first-order valence-electron chi connectivity index (χ1n) is 12.8. The van der Waals surface area contributed by atoms with Crippen LogP contribution in [0.3, 0.4) is 0 Å². The molecule has 1 N–H and O–H groups in total. The second kappa shape index (κ2) is 9.92. The van der Waals surface area contributed by atoms with Gasteiger partial charge >= 0.3 is 0 Å². The molecule has 37 heavy (non-hydrogen) atoms. The van der Waals surface area contributed by atoms with Gasteiger partial charge in [-0.1, -0.05) is 122 Å². The molecule has 6 rings (SSSR count). The van der Waals surface area contributed by atoms with Crippen molar-refractivity contribution in [2.45, 2.75) is 26.0 Å². The zero-order valence-electron chi connectivity index (χ0n) is 20.8. The maximum absolute atomic E-state index is 11.3. The molecule has 0 aliphatic rings. The van der Waals surface area contributed by atoms with E-state index in [0.717, 1.165) is 51.5 Å². The van der Waals surface area contributed by atoms with Gasteiger partial charge in [0.2, 0.25) is 5.78 Å². The number of benzene rings is 4. The Kier molecular flexibility index (Phi) is 6.17. The molecule has 1 unspecified atom stereocenters. The number of aromatic nitrogens is 3. The van der Waals surface area contributed by atoms with Gasteiger partial charge in [-0.3, -0.25) is 4.40 Å². The van der Waals surface area contributed by atoms with E-state index >= 15 is 0 Å². The summed E-state index contributed by atoms with van der Waals surface area (Å²) in [5, 5.41) is 11.3. The molecule has 1 atom stereocenters. The van der Waals surface area contributed by atoms with Crippen molar-refractivity contribution >= 4 is 5.78 Å². The fourth-order valence-corrected chi connectivity index (χ4v) is 4.98. The van der Waals surface area contributed by atoms with Gasteiger partial charge in [-0.25, -0.2) is 4.98 Å². The van der Waals surface area contributed by atoms with Gasteiger partial charge < -0.3 is 9.67 Å². The smallest absolute Gasteiger partial charge is 0.215 e. The zero-order valence-corrected chi connectivity index (χ0v) is 20.8. The van der Waals surface area contributed by atoms with E-state index in [2.05, 4.69) is 82.8 Å². The average molecular weight is 484 g/mol. The van der Waals surface area contributed by atoms with Crippen LogP contribution in [0.5, 0.6) is 0 Å². The van der Waals surface area contributed by atoms with Crippen molar-refractivity contribution in [3.05, 3.63) is 133 Å². The Morgan fingerprint density at radius 3 is 1.92 bits per heavy atom. The van der Waals surface area contributed by atoms with Gasteiger partial charge in [-0.15, -0.1) is 0 Å². The third kappa shape index (κ3) is 4.37. The Morgan fingerprint density at radius 2 is 1.30 bits per heavy atom. The molecule has 0 aliphatic carbocycles. The van der Waals surface area contributed by atoms with Crippen LogP contribution in [-0.2, 0) is 13.0 Å². The predicted molar refractivity (Wildman–Crippen MR) is 150 cm³/mol. The molecular formula is C33H29N3O. The lowest BCUT2D eigenvalue weighted by Crippen LogP contribution is -2.10. The molecule has 4 nitrogen and oxygen atoms in total. The number of hydrogen-bond donors (Lipinski definition) is 1. The predicted octanol–water partition coefficient (Wildman–Crippen LogP) is 7.43. The minimum atomic E-state index is -0.664. The van der Waals surface area contributed by atoms with Crippen LogP contribution in [0.15, 0.2) is 121 Å². The molecule has 0 saturated heterocycles. The van der Waals surface area contributed by atoms with E-state index < -0.39 is 6.10 Å². The number of hydrogen-bond acceptors (Lipinski definition) is 2. The van der Waals surface area contributed by atoms with Crippen LogP contribution in [0.25, 0.3) is 39.5 Å². The molecule has 4 heteroatoms. The first-order chi connectivity index (χ1) is 18.2. The Labute approximate surface area is 217 Å². The van der Waals surface area contributed by atoms with Gasteiger partial charge in [0.1, 0.15) is 0 Å². The average Bonchev–Trinajstić information content (AvgIpc) is 3.51. The summed E-state index contributed by atoms with van der Waals surface area (Å²) < 4.78 is 4.33. The summed E-state index contributed by atoms with van der Waals surface area (Å²) in [6.45, 7) is 2.56. The fourth-order valence-electron chi connectivity index (χ4n) is 4.98.